The molecule has 0 aliphatic carbocycles. The minimum Gasteiger partial charge on any atom is -0.459 e. The lowest BCUT2D eigenvalue weighted by Crippen LogP contribution is -2.11. The number of nitrogens with two attached hydrogens (primary N) is 1. The second kappa shape index (κ2) is 4.52. The summed E-state index contributed by atoms with van der Waals surface area (Å²) in [4.78, 5) is 0. The molecule has 96 valence electrons. The second-order valence-electron chi connectivity index (χ2n) is 4.73. The number of furan rings is 1. The van der Waals surface area contributed by atoms with Gasteiger partial charge in [-0.15, -0.1) is 0 Å². The van der Waals surface area contributed by atoms with Gasteiger partial charge in [0.2, 0.25) is 0 Å². The van der Waals surface area contributed by atoms with Crippen molar-refractivity contribution in [3.8, 4) is 0 Å². The molecule has 1 atom stereocenters. The van der Waals surface area contributed by atoms with Crippen LogP contribution in [0.4, 0.5) is 4.39 Å². The molecule has 1 unspecified atom stereocenters. The van der Waals surface area contributed by atoms with Gasteiger partial charge in [0.05, 0.1) is 6.04 Å². The van der Waals surface area contributed by atoms with E-state index in [0.717, 1.165) is 22.1 Å². The lowest BCUT2D eigenvalue weighted by atomic mass is 10.0. The lowest BCUT2D eigenvalue weighted by molar-refractivity contribution is 0.523. The van der Waals surface area contributed by atoms with Crippen molar-refractivity contribution in [2.75, 3.05) is 0 Å². The molecular weight excluding hydrogens is 241 g/mol. The van der Waals surface area contributed by atoms with Gasteiger partial charge in [0.15, 0.2) is 0 Å². The Morgan fingerprint density at radius 3 is 2.63 bits per heavy atom. The summed E-state index contributed by atoms with van der Waals surface area (Å²) < 4.78 is 19.1. The van der Waals surface area contributed by atoms with Crippen molar-refractivity contribution in [1.29, 1.82) is 0 Å². The van der Waals surface area contributed by atoms with Gasteiger partial charge in [0, 0.05) is 5.39 Å². The van der Waals surface area contributed by atoms with Crippen LogP contribution in [-0.2, 0) is 0 Å². The third-order valence-corrected chi connectivity index (χ3v) is 3.17. The number of hydrogen-bond acceptors (Lipinski definition) is 2. The van der Waals surface area contributed by atoms with Crippen LogP contribution in [0.1, 0.15) is 22.9 Å². The summed E-state index contributed by atoms with van der Waals surface area (Å²) in [5.74, 6) is 0.368. The van der Waals surface area contributed by atoms with Crippen LogP contribution >= 0.6 is 0 Å². The van der Waals surface area contributed by atoms with Crippen LogP contribution in [0.2, 0.25) is 0 Å². The molecule has 2 nitrogen and oxygen atoms in total. The van der Waals surface area contributed by atoms with E-state index in [9.17, 15) is 4.39 Å². The number of benzene rings is 2. The molecule has 3 rings (SSSR count). The van der Waals surface area contributed by atoms with E-state index in [0.29, 0.717) is 5.76 Å². The van der Waals surface area contributed by atoms with Gasteiger partial charge in [0.1, 0.15) is 17.2 Å². The van der Waals surface area contributed by atoms with Crippen LogP contribution in [0.5, 0.6) is 0 Å². The van der Waals surface area contributed by atoms with Crippen molar-refractivity contribution < 1.29 is 8.81 Å². The monoisotopic (exact) mass is 255 g/mol. The molecular formula is C16H14FNO. The predicted octanol–water partition coefficient (Wildman–Crippen LogP) is 3.93. The van der Waals surface area contributed by atoms with Gasteiger partial charge >= 0.3 is 0 Å². The van der Waals surface area contributed by atoms with Crippen LogP contribution in [0.15, 0.2) is 52.9 Å². The molecule has 0 saturated carbocycles. The summed E-state index contributed by atoms with van der Waals surface area (Å²) in [5, 5.41) is 1.00. The lowest BCUT2D eigenvalue weighted by Gasteiger charge is -2.10. The first-order chi connectivity index (χ1) is 9.13. The quantitative estimate of drug-likeness (QED) is 0.753. The van der Waals surface area contributed by atoms with Crippen LogP contribution in [-0.4, -0.2) is 0 Å². The van der Waals surface area contributed by atoms with Gasteiger partial charge in [-0.3, -0.25) is 0 Å². The zero-order valence-electron chi connectivity index (χ0n) is 10.6. The van der Waals surface area contributed by atoms with E-state index in [-0.39, 0.29) is 5.82 Å². The highest BCUT2D eigenvalue weighted by Gasteiger charge is 2.15. The Morgan fingerprint density at radius 1 is 1.11 bits per heavy atom. The highest BCUT2D eigenvalue weighted by Crippen LogP contribution is 2.27. The molecule has 0 spiro atoms. The van der Waals surface area contributed by atoms with Crippen LogP contribution < -0.4 is 5.73 Å². The Bertz CT molecular complexity index is 679. The van der Waals surface area contributed by atoms with Crippen molar-refractivity contribution >= 4 is 11.0 Å². The summed E-state index contributed by atoms with van der Waals surface area (Å²) in [5.41, 5.74) is 8.52. The van der Waals surface area contributed by atoms with Crippen molar-refractivity contribution in [3.63, 3.8) is 0 Å². The topological polar surface area (TPSA) is 39.2 Å². The van der Waals surface area contributed by atoms with Gasteiger partial charge in [-0.05, 0) is 42.3 Å². The van der Waals surface area contributed by atoms with Gasteiger partial charge in [0.25, 0.3) is 0 Å². The highest BCUT2D eigenvalue weighted by molar-refractivity contribution is 5.77. The van der Waals surface area contributed by atoms with Crippen LogP contribution in [0, 0.1) is 12.7 Å². The first kappa shape index (κ1) is 11.9. The molecule has 0 aliphatic heterocycles. The first-order valence-electron chi connectivity index (χ1n) is 6.14. The van der Waals surface area contributed by atoms with Gasteiger partial charge < -0.3 is 10.2 Å². The van der Waals surface area contributed by atoms with Crippen LogP contribution in [0.25, 0.3) is 11.0 Å². The van der Waals surface area contributed by atoms with Crippen molar-refractivity contribution in [2.45, 2.75) is 13.0 Å². The molecule has 0 bridgehead atoms. The van der Waals surface area contributed by atoms with Crippen molar-refractivity contribution in [3.05, 3.63) is 71.2 Å². The van der Waals surface area contributed by atoms with E-state index in [2.05, 4.69) is 0 Å². The van der Waals surface area contributed by atoms with Crippen molar-refractivity contribution in [1.82, 2.24) is 0 Å². The second-order valence-corrected chi connectivity index (χ2v) is 4.73. The SMILES string of the molecule is Cc1cc(F)cc(C(N)c2cc3ccccc3o2)c1. The zero-order chi connectivity index (χ0) is 13.4. The van der Waals surface area contributed by atoms with E-state index in [1.807, 2.05) is 43.3 Å². The number of halogens is 1. The fourth-order valence-electron chi connectivity index (χ4n) is 2.26. The molecule has 0 fully saturated rings. The smallest absolute Gasteiger partial charge is 0.134 e. The number of hydrogen-bond donors (Lipinski definition) is 1. The molecule has 0 saturated heterocycles. The molecule has 2 N–H and O–H groups in total. The van der Waals surface area contributed by atoms with Gasteiger partial charge in [-0.2, -0.15) is 0 Å². The fourth-order valence-corrected chi connectivity index (χ4v) is 2.26. The third-order valence-electron chi connectivity index (χ3n) is 3.17. The number of aryl methyl sites for hydroxylation is 1. The highest BCUT2D eigenvalue weighted by atomic mass is 19.1. The van der Waals surface area contributed by atoms with E-state index >= 15 is 0 Å². The van der Waals surface area contributed by atoms with E-state index in [1.54, 1.807) is 0 Å². The Balaban J connectivity index is 2.05. The maximum Gasteiger partial charge on any atom is 0.134 e. The molecule has 3 heteroatoms. The van der Waals surface area contributed by atoms with Crippen LogP contribution in [0.3, 0.4) is 0 Å². The Hall–Kier alpha value is -2.13. The zero-order valence-corrected chi connectivity index (χ0v) is 10.6. The standard InChI is InChI=1S/C16H14FNO/c1-10-6-12(8-13(17)7-10)16(18)15-9-11-4-2-3-5-14(11)19-15/h2-9,16H,18H2,1H3. The average Bonchev–Trinajstić information content (AvgIpc) is 2.80. The molecule has 3 aromatic rings. The first-order valence-corrected chi connectivity index (χ1v) is 6.14. The van der Waals surface area contributed by atoms with Gasteiger partial charge in [-0.25, -0.2) is 4.39 Å². The van der Waals surface area contributed by atoms with Crippen molar-refractivity contribution in [2.24, 2.45) is 5.73 Å². The molecule has 2 aromatic carbocycles. The largest absolute Gasteiger partial charge is 0.459 e. The van der Waals surface area contributed by atoms with Gasteiger partial charge in [-0.1, -0.05) is 24.3 Å². The van der Waals surface area contributed by atoms with E-state index in [4.69, 9.17) is 10.2 Å². The minimum absolute atomic E-state index is 0.276. The Morgan fingerprint density at radius 2 is 1.89 bits per heavy atom. The average molecular weight is 255 g/mol. The molecule has 19 heavy (non-hydrogen) atoms. The minimum atomic E-state index is -0.457. The van der Waals surface area contributed by atoms with E-state index in [1.165, 1.54) is 12.1 Å². The maximum atomic E-state index is 13.4. The Kier molecular flexibility index (Phi) is 2.84. The summed E-state index contributed by atoms with van der Waals surface area (Å²) in [6, 6.07) is 14.0. The number of para-hydroxylation sites is 1. The normalized spacial score (nSPS) is 12.8. The molecule has 0 radical (unpaired) electrons. The number of fused-ring (bicyclic) bond motifs is 1. The molecule has 0 aliphatic rings. The predicted molar refractivity (Wildman–Crippen MR) is 73.4 cm³/mol. The summed E-state index contributed by atoms with van der Waals surface area (Å²) in [7, 11) is 0. The summed E-state index contributed by atoms with van der Waals surface area (Å²) in [6.45, 7) is 1.85. The molecule has 1 heterocycles. The Labute approximate surface area is 110 Å². The maximum absolute atomic E-state index is 13.4. The summed E-state index contributed by atoms with van der Waals surface area (Å²) >= 11 is 0. The number of rotatable bonds is 2. The third kappa shape index (κ3) is 2.25. The summed E-state index contributed by atoms with van der Waals surface area (Å²) in [6.07, 6.45) is 0. The molecule has 0 amide bonds. The van der Waals surface area contributed by atoms with E-state index < -0.39 is 6.04 Å². The molecule has 1 aromatic heterocycles. The fraction of sp³-hybridized carbons (Fsp3) is 0.125.